The van der Waals surface area contributed by atoms with Crippen LogP contribution in [0.1, 0.15) is 41.2 Å². The van der Waals surface area contributed by atoms with E-state index in [1.165, 1.54) is 28.6 Å². The third-order valence-corrected chi connectivity index (χ3v) is 6.80. The van der Waals surface area contributed by atoms with Crippen LogP contribution in [0.4, 0.5) is 0 Å². The van der Waals surface area contributed by atoms with Gasteiger partial charge < -0.3 is 14.2 Å². The summed E-state index contributed by atoms with van der Waals surface area (Å²) in [6.07, 6.45) is 3.61. The van der Waals surface area contributed by atoms with Crippen LogP contribution < -0.4 is 4.74 Å². The van der Waals surface area contributed by atoms with Crippen LogP contribution in [0.25, 0.3) is 10.2 Å². The van der Waals surface area contributed by atoms with Gasteiger partial charge in [-0.15, -0.1) is 11.3 Å². The van der Waals surface area contributed by atoms with Crippen molar-refractivity contribution in [3.8, 4) is 5.75 Å². The zero-order valence-electron chi connectivity index (χ0n) is 15.6. The summed E-state index contributed by atoms with van der Waals surface area (Å²) in [6.45, 7) is 2.61. The second-order valence-corrected chi connectivity index (χ2v) is 8.71. The first-order chi connectivity index (χ1) is 13.2. The van der Waals surface area contributed by atoms with Gasteiger partial charge in [-0.05, 0) is 60.4 Å². The maximum absolute atomic E-state index is 13.3. The van der Waals surface area contributed by atoms with E-state index in [1.54, 1.807) is 18.4 Å². The average Bonchev–Trinajstić information content (AvgIpc) is 3.10. The Balaban J connectivity index is 1.36. The highest BCUT2D eigenvalue weighted by atomic mass is 32.1. The van der Waals surface area contributed by atoms with Gasteiger partial charge in [-0.2, -0.15) is 0 Å². The van der Waals surface area contributed by atoms with Crippen LogP contribution in [0.15, 0.2) is 41.8 Å². The fourth-order valence-corrected chi connectivity index (χ4v) is 4.99. The number of benzene rings is 1. The maximum Gasteiger partial charge on any atom is 0.270 e. The second kappa shape index (κ2) is 6.71. The number of rotatable bonds is 5. The van der Waals surface area contributed by atoms with Crippen LogP contribution in [0.5, 0.6) is 5.75 Å². The molecule has 1 saturated heterocycles. The molecule has 1 amide bonds. The summed E-state index contributed by atoms with van der Waals surface area (Å²) in [7, 11) is 1.69. The van der Waals surface area contributed by atoms with Crippen LogP contribution in [0.2, 0.25) is 0 Å². The molecule has 27 heavy (non-hydrogen) atoms. The van der Waals surface area contributed by atoms with Crippen molar-refractivity contribution in [1.82, 2.24) is 9.47 Å². The minimum absolute atomic E-state index is 0.190. The Morgan fingerprint density at radius 1 is 1.19 bits per heavy atom. The first-order valence-electron chi connectivity index (χ1n) is 9.73. The summed E-state index contributed by atoms with van der Waals surface area (Å²) in [6, 6.07) is 12.5. The number of likely N-dealkylation sites (tertiary alicyclic amines) is 1. The van der Waals surface area contributed by atoms with E-state index in [0.717, 1.165) is 43.4 Å². The number of carbonyl (C=O) groups excluding carboxylic acids is 1. The van der Waals surface area contributed by atoms with E-state index in [4.69, 9.17) is 4.74 Å². The van der Waals surface area contributed by atoms with E-state index < -0.39 is 0 Å². The number of methoxy groups -OCH3 is 1. The van der Waals surface area contributed by atoms with Crippen molar-refractivity contribution in [3.05, 3.63) is 53.0 Å². The topological polar surface area (TPSA) is 34.5 Å². The highest BCUT2D eigenvalue weighted by Crippen LogP contribution is 2.35. The van der Waals surface area contributed by atoms with Crippen LogP contribution >= 0.6 is 11.3 Å². The largest absolute Gasteiger partial charge is 0.497 e. The molecule has 3 heterocycles. The van der Waals surface area contributed by atoms with Crippen LogP contribution in [-0.4, -0.2) is 35.6 Å². The van der Waals surface area contributed by atoms with Gasteiger partial charge in [0.1, 0.15) is 11.4 Å². The number of thiophene rings is 1. The van der Waals surface area contributed by atoms with Gasteiger partial charge in [0.05, 0.1) is 17.3 Å². The number of amides is 1. The van der Waals surface area contributed by atoms with Gasteiger partial charge in [-0.3, -0.25) is 4.79 Å². The highest BCUT2D eigenvalue weighted by Gasteiger charge is 2.31. The summed E-state index contributed by atoms with van der Waals surface area (Å²) in [5.41, 5.74) is 3.39. The van der Waals surface area contributed by atoms with Gasteiger partial charge in [0, 0.05) is 25.6 Å². The summed E-state index contributed by atoms with van der Waals surface area (Å²) in [5, 5.41) is 2.12. The minimum atomic E-state index is 0.190. The van der Waals surface area contributed by atoms with E-state index >= 15 is 0 Å². The molecule has 0 radical (unpaired) electrons. The monoisotopic (exact) mass is 380 g/mol. The molecule has 1 aliphatic carbocycles. The Hall–Kier alpha value is -2.27. The zero-order chi connectivity index (χ0) is 18.4. The Labute approximate surface area is 163 Å². The Morgan fingerprint density at radius 3 is 2.74 bits per heavy atom. The summed E-state index contributed by atoms with van der Waals surface area (Å²) < 4.78 is 8.75. The molecule has 1 aliphatic heterocycles. The Bertz CT molecular complexity index is 968. The zero-order valence-corrected chi connectivity index (χ0v) is 16.4. The predicted molar refractivity (Wildman–Crippen MR) is 109 cm³/mol. The maximum atomic E-state index is 13.3. The van der Waals surface area contributed by atoms with Crippen LogP contribution in [-0.2, 0) is 6.54 Å². The minimum Gasteiger partial charge on any atom is -0.497 e. The summed E-state index contributed by atoms with van der Waals surface area (Å²) >= 11 is 1.73. The summed E-state index contributed by atoms with van der Waals surface area (Å²) in [4.78, 5) is 15.3. The van der Waals surface area contributed by atoms with Crippen molar-refractivity contribution < 1.29 is 9.53 Å². The third kappa shape index (κ3) is 3.14. The lowest BCUT2D eigenvalue weighted by atomic mass is 9.98. The standard InChI is InChI=1S/C22H24N2O2S/c1-26-18-6-4-16(5-7-18)17-8-10-23(14-17)22(25)20-12-21-19(9-11-27-21)24(20)13-15-2-3-15/h4-7,9,11-12,15,17H,2-3,8,10,13-14H2,1H3. The number of ether oxygens (including phenoxy) is 1. The number of nitrogens with zero attached hydrogens (tertiary/aromatic N) is 2. The van der Waals surface area contributed by atoms with Crippen molar-refractivity contribution in [1.29, 1.82) is 0 Å². The number of fused-ring (bicyclic) bond motifs is 1. The highest BCUT2D eigenvalue weighted by molar-refractivity contribution is 7.17. The van der Waals surface area contributed by atoms with Gasteiger partial charge in [-0.1, -0.05) is 12.1 Å². The molecule has 0 bridgehead atoms. The van der Waals surface area contributed by atoms with Crippen molar-refractivity contribution in [2.45, 2.75) is 31.7 Å². The molecule has 1 unspecified atom stereocenters. The predicted octanol–water partition coefficient (Wildman–Crippen LogP) is 4.75. The van der Waals surface area contributed by atoms with Gasteiger partial charge in [0.25, 0.3) is 5.91 Å². The van der Waals surface area contributed by atoms with Crippen molar-refractivity contribution in [2.75, 3.05) is 20.2 Å². The van der Waals surface area contributed by atoms with E-state index in [0.29, 0.717) is 5.92 Å². The molecular weight excluding hydrogens is 356 g/mol. The van der Waals surface area contributed by atoms with Crippen molar-refractivity contribution in [3.63, 3.8) is 0 Å². The smallest absolute Gasteiger partial charge is 0.270 e. The van der Waals surface area contributed by atoms with Crippen molar-refractivity contribution in [2.24, 2.45) is 5.92 Å². The van der Waals surface area contributed by atoms with Crippen molar-refractivity contribution >= 4 is 27.5 Å². The molecule has 0 spiro atoms. The summed E-state index contributed by atoms with van der Waals surface area (Å²) in [5.74, 6) is 2.23. The molecule has 1 aromatic carbocycles. The van der Waals surface area contributed by atoms with Gasteiger partial charge in [-0.25, -0.2) is 0 Å². The molecule has 2 aliphatic rings. The first kappa shape index (κ1) is 16.9. The fourth-order valence-electron chi connectivity index (χ4n) is 4.16. The molecule has 5 heteroatoms. The molecule has 2 fully saturated rings. The molecule has 0 N–H and O–H groups in total. The van der Waals surface area contributed by atoms with E-state index in [1.807, 2.05) is 17.0 Å². The molecule has 2 aromatic heterocycles. The van der Waals surface area contributed by atoms with Crippen LogP contribution in [0, 0.1) is 5.92 Å². The average molecular weight is 381 g/mol. The lowest BCUT2D eigenvalue weighted by Crippen LogP contribution is -2.30. The number of hydrogen-bond donors (Lipinski definition) is 0. The quantitative estimate of drug-likeness (QED) is 0.640. The van der Waals surface area contributed by atoms with Gasteiger partial charge >= 0.3 is 0 Å². The Morgan fingerprint density at radius 2 is 2.00 bits per heavy atom. The van der Waals surface area contributed by atoms with E-state index in [2.05, 4.69) is 34.2 Å². The molecule has 1 saturated carbocycles. The molecule has 4 nitrogen and oxygen atoms in total. The Kier molecular flexibility index (Phi) is 4.20. The van der Waals surface area contributed by atoms with E-state index in [9.17, 15) is 4.79 Å². The lowest BCUT2D eigenvalue weighted by Gasteiger charge is -2.18. The fraction of sp³-hybridized carbons (Fsp3) is 0.409. The number of aromatic nitrogens is 1. The SMILES string of the molecule is COc1ccc(C2CCN(C(=O)c3cc4sccc4n3CC3CC3)C2)cc1. The molecular formula is C22H24N2O2S. The third-order valence-electron chi connectivity index (χ3n) is 5.94. The van der Waals surface area contributed by atoms with Gasteiger partial charge in [0.2, 0.25) is 0 Å². The lowest BCUT2D eigenvalue weighted by molar-refractivity contribution is 0.0780. The molecule has 5 rings (SSSR count). The normalized spacial score (nSPS) is 19.7. The first-order valence-corrected chi connectivity index (χ1v) is 10.6. The van der Waals surface area contributed by atoms with E-state index in [-0.39, 0.29) is 5.91 Å². The second-order valence-electron chi connectivity index (χ2n) is 7.76. The van der Waals surface area contributed by atoms with Crippen LogP contribution in [0.3, 0.4) is 0 Å². The number of carbonyl (C=O) groups is 1. The number of hydrogen-bond acceptors (Lipinski definition) is 3. The molecule has 3 aromatic rings. The van der Waals surface area contributed by atoms with Gasteiger partial charge in [0.15, 0.2) is 0 Å². The molecule has 140 valence electrons. The molecule has 1 atom stereocenters.